The average Bonchev–Trinajstić information content (AvgIpc) is 2.76. The van der Waals surface area contributed by atoms with E-state index in [4.69, 9.17) is 9.84 Å². The number of carbonyl (C=O) groups is 2. The van der Waals surface area contributed by atoms with Gasteiger partial charge in [-0.25, -0.2) is 9.50 Å². The number of nitrogens with zero attached hydrogens (tertiary/aromatic N) is 4. The third-order valence-electron chi connectivity index (χ3n) is 3.85. The number of fused-ring (bicyclic) bond motifs is 1. The number of hydrogen-bond donors (Lipinski definition) is 1. The summed E-state index contributed by atoms with van der Waals surface area (Å²) in [7, 11) is 0. The molecule has 2 aromatic heterocycles. The van der Waals surface area contributed by atoms with Crippen molar-refractivity contribution < 1.29 is 19.4 Å². The molecule has 23 heavy (non-hydrogen) atoms. The van der Waals surface area contributed by atoms with Gasteiger partial charge in [0.05, 0.1) is 19.1 Å². The van der Waals surface area contributed by atoms with E-state index in [0.29, 0.717) is 18.8 Å². The van der Waals surface area contributed by atoms with Gasteiger partial charge in [-0.3, -0.25) is 9.59 Å². The van der Waals surface area contributed by atoms with E-state index in [1.54, 1.807) is 10.6 Å². The van der Waals surface area contributed by atoms with Crippen LogP contribution in [-0.4, -0.2) is 62.8 Å². The van der Waals surface area contributed by atoms with E-state index in [2.05, 4.69) is 10.1 Å². The lowest BCUT2D eigenvalue weighted by molar-refractivity contribution is -0.143. The number of carboxylic acids is 1. The first kappa shape index (κ1) is 15.4. The van der Waals surface area contributed by atoms with Crippen LogP contribution in [0.5, 0.6) is 0 Å². The molecule has 3 rings (SSSR count). The highest BCUT2D eigenvalue weighted by atomic mass is 16.5. The summed E-state index contributed by atoms with van der Waals surface area (Å²) >= 11 is 0. The van der Waals surface area contributed by atoms with E-state index in [-0.39, 0.29) is 24.8 Å². The second-order valence-electron chi connectivity index (χ2n) is 5.70. The van der Waals surface area contributed by atoms with Crippen molar-refractivity contribution in [1.29, 1.82) is 0 Å². The van der Waals surface area contributed by atoms with E-state index in [1.165, 1.54) is 4.90 Å². The zero-order valence-corrected chi connectivity index (χ0v) is 13.0. The zero-order valence-electron chi connectivity index (χ0n) is 13.0. The smallest absolute Gasteiger partial charge is 0.310 e. The minimum atomic E-state index is -0.965. The summed E-state index contributed by atoms with van der Waals surface area (Å²) in [6.07, 6.45) is 0. The summed E-state index contributed by atoms with van der Waals surface area (Å²) in [6, 6.07) is 3.51. The lowest BCUT2D eigenvalue weighted by atomic mass is 10.1. The molecule has 0 bridgehead atoms. The molecule has 0 saturated carbocycles. The molecule has 1 unspecified atom stereocenters. The number of carbonyl (C=O) groups excluding carboxylic acids is 1. The topological polar surface area (TPSA) is 97.0 Å². The molecule has 0 spiro atoms. The van der Waals surface area contributed by atoms with Crippen LogP contribution in [0.25, 0.3) is 5.65 Å². The molecule has 1 aliphatic heterocycles. The fraction of sp³-hybridized carbons (Fsp3) is 0.467. The van der Waals surface area contributed by atoms with Gasteiger partial charge in [0, 0.05) is 30.5 Å². The number of carboxylic acid groups (broad SMARTS) is 1. The number of amides is 1. The second-order valence-corrected chi connectivity index (χ2v) is 5.70. The molecular formula is C15H18N4O4. The van der Waals surface area contributed by atoms with Gasteiger partial charge in [-0.15, -0.1) is 0 Å². The van der Waals surface area contributed by atoms with E-state index in [9.17, 15) is 9.59 Å². The highest BCUT2D eigenvalue weighted by Crippen LogP contribution is 2.14. The summed E-state index contributed by atoms with van der Waals surface area (Å²) in [6.45, 7) is 4.67. The standard InChI is InChI=1S/C15H18N4O4/c1-9-5-10(2)19-13(16-9)6-12(17-19)14(20)18-3-4-23-8-11(7-18)15(21)22/h5-6,11H,3-4,7-8H2,1-2H3,(H,21,22). The minimum absolute atomic E-state index is 0.115. The highest BCUT2D eigenvalue weighted by molar-refractivity contribution is 5.93. The SMILES string of the molecule is Cc1cc(C)n2nc(C(=O)N3CCOCC(C(=O)O)C3)cc2n1. The first-order valence-corrected chi connectivity index (χ1v) is 7.39. The van der Waals surface area contributed by atoms with Crippen LogP contribution in [0.15, 0.2) is 12.1 Å². The molecule has 1 saturated heterocycles. The average molecular weight is 318 g/mol. The quantitative estimate of drug-likeness (QED) is 0.867. The molecule has 0 aliphatic carbocycles. The predicted molar refractivity (Wildman–Crippen MR) is 80.3 cm³/mol. The molecule has 1 amide bonds. The van der Waals surface area contributed by atoms with Crippen LogP contribution in [0.1, 0.15) is 21.9 Å². The lowest BCUT2D eigenvalue weighted by Gasteiger charge is -2.20. The molecule has 8 nitrogen and oxygen atoms in total. The van der Waals surface area contributed by atoms with Crippen LogP contribution >= 0.6 is 0 Å². The lowest BCUT2D eigenvalue weighted by Crippen LogP contribution is -2.38. The monoisotopic (exact) mass is 318 g/mol. The van der Waals surface area contributed by atoms with Crippen LogP contribution in [0.4, 0.5) is 0 Å². The van der Waals surface area contributed by atoms with Crippen LogP contribution in [0.3, 0.4) is 0 Å². The van der Waals surface area contributed by atoms with Crippen molar-refractivity contribution in [3.05, 3.63) is 29.2 Å². The summed E-state index contributed by atoms with van der Waals surface area (Å²) < 4.78 is 6.88. The van der Waals surface area contributed by atoms with Crippen LogP contribution in [0.2, 0.25) is 0 Å². The van der Waals surface area contributed by atoms with Gasteiger partial charge in [0.2, 0.25) is 0 Å². The molecule has 1 atom stereocenters. The maximum atomic E-state index is 12.7. The zero-order chi connectivity index (χ0) is 16.6. The molecular weight excluding hydrogens is 300 g/mol. The number of ether oxygens (including phenoxy) is 1. The molecule has 3 heterocycles. The van der Waals surface area contributed by atoms with E-state index in [1.807, 2.05) is 19.9 Å². The number of rotatable bonds is 2. The molecule has 122 valence electrons. The number of aryl methyl sites for hydroxylation is 2. The third-order valence-corrected chi connectivity index (χ3v) is 3.85. The Kier molecular flexibility index (Phi) is 3.99. The molecule has 1 N–H and O–H groups in total. The van der Waals surface area contributed by atoms with Gasteiger partial charge in [-0.1, -0.05) is 0 Å². The Bertz CT molecular complexity index is 770. The highest BCUT2D eigenvalue weighted by Gasteiger charge is 2.29. The van der Waals surface area contributed by atoms with Crippen molar-refractivity contribution in [3.63, 3.8) is 0 Å². The van der Waals surface area contributed by atoms with Gasteiger partial charge in [-0.05, 0) is 19.9 Å². The van der Waals surface area contributed by atoms with Crippen molar-refractivity contribution in [2.75, 3.05) is 26.3 Å². The van der Waals surface area contributed by atoms with Crippen molar-refractivity contribution in [2.24, 2.45) is 5.92 Å². The van der Waals surface area contributed by atoms with Gasteiger partial charge in [0.25, 0.3) is 5.91 Å². The minimum Gasteiger partial charge on any atom is -0.481 e. The molecule has 0 radical (unpaired) electrons. The molecule has 1 aliphatic rings. The van der Waals surface area contributed by atoms with Gasteiger partial charge in [0.15, 0.2) is 11.3 Å². The van der Waals surface area contributed by atoms with Crippen molar-refractivity contribution in [3.8, 4) is 0 Å². The van der Waals surface area contributed by atoms with Crippen LogP contribution in [-0.2, 0) is 9.53 Å². The van der Waals surface area contributed by atoms with Crippen molar-refractivity contribution in [1.82, 2.24) is 19.5 Å². The largest absolute Gasteiger partial charge is 0.481 e. The third kappa shape index (κ3) is 3.02. The Labute approximate surface area is 132 Å². The van der Waals surface area contributed by atoms with E-state index in [0.717, 1.165) is 11.4 Å². The van der Waals surface area contributed by atoms with Gasteiger partial charge in [-0.2, -0.15) is 5.10 Å². The summed E-state index contributed by atoms with van der Waals surface area (Å²) in [5, 5.41) is 13.5. The van der Waals surface area contributed by atoms with E-state index < -0.39 is 11.9 Å². The fourth-order valence-corrected chi connectivity index (χ4v) is 2.70. The Morgan fingerprint density at radius 2 is 2.13 bits per heavy atom. The fourth-order valence-electron chi connectivity index (χ4n) is 2.70. The summed E-state index contributed by atoms with van der Waals surface area (Å²) in [4.78, 5) is 29.7. The molecule has 0 aromatic carbocycles. The van der Waals surface area contributed by atoms with Crippen molar-refractivity contribution >= 4 is 17.5 Å². The maximum absolute atomic E-state index is 12.7. The van der Waals surface area contributed by atoms with E-state index >= 15 is 0 Å². The van der Waals surface area contributed by atoms with Crippen molar-refractivity contribution in [2.45, 2.75) is 13.8 Å². The first-order valence-electron chi connectivity index (χ1n) is 7.39. The first-order chi connectivity index (χ1) is 11.0. The molecule has 2 aromatic rings. The van der Waals surface area contributed by atoms with Gasteiger partial charge >= 0.3 is 5.97 Å². The summed E-state index contributed by atoms with van der Waals surface area (Å²) in [5.41, 5.74) is 2.60. The Morgan fingerprint density at radius 3 is 2.87 bits per heavy atom. The maximum Gasteiger partial charge on any atom is 0.310 e. The summed E-state index contributed by atoms with van der Waals surface area (Å²) in [5.74, 6) is -1.99. The predicted octanol–water partition coefficient (Wildman–Crippen LogP) is 0.519. The van der Waals surface area contributed by atoms with Gasteiger partial charge < -0.3 is 14.7 Å². The van der Waals surface area contributed by atoms with Gasteiger partial charge in [0.1, 0.15) is 0 Å². The Balaban J connectivity index is 1.90. The second kappa shape index (κ2) is 5.96. The number of aromatic nitrogens is 3. The normalized spacial score (nSPS) is 18.9. The Morgan fingerprint density at radius 1 is 1.35 bits per heavy atom. The molecule has 1 fully saturated rings. The Hall–Kier alpha value is -2.48. The van der Waals surface area contributed by atoms with Crippen LogP contribution in [0, 0.1) is 19.8 Å². The van der Waals surface area contributed by atoms with Crippen LogP contribution < -0.4 is 0 Å². The molecule has 8 heteroatoms. The number of hydrogen-bond acceptors (Lipinski definition) is 5. The number of aliphatic carboxylic acids is 1.